The molecule has 2 N–H and O–H groups in total. The Balaban J connectivity index is 1.87. The van der Waals surface area contributed by atoms with Crippen LogP contribution in [0.1, 0.15) is 38.0 Å². The molecule has 0 heterocycles. The number of benzene rings is 2. The summed E-state index contributed by atoms with van der Waals surface area (Å²) in [5, 5.41) is 13.0. The Morgan fingerprint density at radius 3 is 2.24 bits per heavy atom. The van der Waals surface area contributed by atoms with Crippen molar-refractivity contribution in [1.29, 1.82) is 0 Å². The van der Waals surface area contributed by atoms with Gasteiger partial charge in [-0.15, -0.1) is 13.2 Å². The molecule has 0 aliphatic heterocycles. The smallest absolute Gasteiger partial charge is 0.459 e. The second kappa shape index (κ2) is 11.2. The lowest BCUT2D eigenvalue weighted by molar-refractivity contribution is -0.274. The van der Waals surface area contributed by atoms with Crippen LogP contribution in [0.2, 0.25) is 0 Å². The average Bonchev–Trinajstić information content (AvgIpc) is 2.67. The SMILES string of the molecule is CC(C)(C)OC(=O)CNCC(O)c1ccc(OC(=O)Cc2ccccc2OC(F)(F)F)cc1. The molecule has 7 nitrogen and oxygen atoms in total. The molecule has 0 spiro atoms. The molecule has 1 unspecified atom stereocenters. The number of carbonyl (C=O) groups excluding carboxylic acids is 2. The fourth-order valence-electron chi connectivity index (χ4n) is 2.76. The van der Waals surface area contributed by atoms with Crippen molar-refractivity contribution in [3.05, 3.63) is 59.7 Å². The second-order valence-corrected chi connectivity index (χ2v) is 8.11. The first-order chi connectivity index (χ1) is 15.3. The molecule has 0 saturated carbocycles. The topological polar surface area (TPSA) is 94.1 Å². The summed E-state index contributed by atoms with van der Waals surface area (Å²) < 4.78 is 51.8. The highest BCUT2D eigenvalue weighted by atomic mass is 19.4. The van der Waals surface area contributed by atoms with Gasteiger partial charge in [0.15, 0.2) is 0 Å². The molecule has 0 aliphatic rings. The summed E-state index contributed by atoms with van der Waals surface area (Å²) in [5.41, 5.74) is -0.0590. The van der Waals surface area contributed by atoms with Crippen LogP contribution in [0.15, 0.2) is 48.5 Å². The van der Waals surface area contributed by atoms with Crippen molar-refractivity contribution >= 4 is 11.9 Å². The van der Waals surface area contributed by atoms with E-state index in [4.69, 9.17) is 9.47 Å². The number of nitrogens with one attached hydrogen (secondary N) is 1. The third kappa shape index (κ3) is 9.92. The van der Waals surface area contributed by atoms with E-state index in [0.717, 1.165) is 6.07 Å². The summed E-state index contributed by atoms with van der Waals surface area (Å²) in [6.07, 6.45) is -6.23. The van der Waals surface area contributed by atoms with Crippen LogP contribution < -0.4 is 14.8 Å². The molecule has 0 radical (unpaired) electrons. The Morgan fingerprint density at radius 2 is 1.64 bits per heavy atom. The van der Waals surface area contributed by atoms with E-state index in [0.29, 0.717) is 5.56 Å². The fraction of sp³-hybridized carbons (Fsp3) is 0.391. The maximum absolute atomic E-state index is 12.5. The zero-order valence-electron chi connectivity index (χ0n) is 18.4. The van der Waals surface area contributed by atoms with Crippen LogP contribution in [0.25, 0.3) is 0 Å². The van der Waals surface area contributed by atoms with Gasteiger partial charge in [0.1, 0.15) is 17.1 Å². The quantitative estimate of drug-likeness (QED) is 0.427. The van der Waals surface area contributed by atoms with E-state index in [1.54, 1.807) is 20.8 Å². The lowest BCUT2D eigenvalue weighted by Crippen LogP contribution is -2.33. The van der Waals surface area contributed by atoms with Gasteiger partial charge in [-0.3, -0.25) is 9.59 Å². The summed E-state index contributed by atoms with van der Waals surface area (Å²) in [7, 11) is 0. The van der Waals surface area contributed by atoms with Gasteiger partial charge in [-0.2, -0.15) is 0 Å². The molecule has 1 atom stereocenters. The zero-order valence-corrected chi connectivity index (χ0v) is 18.4. The van der Waals surface area contributed by atoms with Crippen LogP contribution in [0, 0.1) is 0 Å². The van der Waals surface area contributed by atoms with Gasteiger partial charge in [0.25, 0.3) is 0 Å². The molecular formula is C23H26F3NO6. The highest BCUT2D eigenvalue weighted by Gasteiger charge is 2.32. The number of halogens is 3. The molecule has 180 valence electrons. The predicted octanol–water partition coefficient (Wildman–Crippen LogP) is 3.70. The molecule has 0 fully saturated rings. The molecular weight excluding hydrogens is 443 g/mol. The number of aliphatic hydroxyl groups is 1. The lowest BCUT2D eigenvalue weighted by Gasteiger charge is -2.20. The molecule has 2 aromatic carbocycles. The van der Waals surface area contributed by atoms with Crippen molar-refractivity contribution in [3.8, 4) is 11.5 Å². The number of hydrogen-bond acceptors (Lipinski definition) is 7. The largest absolute Gasteiger partial charge is 0.573 e. The van der Waals surface area contributed by atoms with Crippen molar-refractivity contribution in [2.24, 2.45) is 0 Å². The number of esters is 2. The van der Waals surface area contributed by atoms with Crippen LogP contribution in [0.4, 0.5) is 13.2 Å². The predicted molar refractivity (Wildman–Crippen MR) is 113 cm³/mol. The first-order valence-electron chi connectivity index (χ1n) is 10.1. The monoisotopic (exact) mass is 469 g/mol. The Morgan fingerprint density at radius 1 is 1.00 bits per heavy atom. The molecule has 2 aromatic rings. The van der Waals surface area contributed by atoms with E-state index in [9.17, 15) is 27.9 Å². The van der Waals surface area contributed by atoms with Crippen molar-refractivity contribution < 1.29 is 42.1 Å². The van der Waals surface area contributed by atoms with E-state index >= 15 is 0 Å². The molecule has 0 aromatic heterocycles. The van der Waals surface area contributed by atoms with Gasteiger partial charge >= 0.3 is 18.3 Å². The van der Waals surface area contributed by atoms with Gasteiger partial charge in [0.05, 0.1) is 19.1 Å². The van der Waals surface area contributed by atoms with Gasteiger partial charge in [-0.05, 0) is 44.5 Å². The van der Waals surface area contributed by atoms with Gasteiger partial charge in [0, 0.05) is 12.1 Å². The molecule has 10 heteroatoms. The molecule has 0 bridgehead atoms. The average molecular weight is 469 g/mol. The number of alkyl halides is 3. The number of carbonyl (C=O) groups is 2. The van der Waals surface area contributed by atoms with Crippen LogP contribution in [-0.4, -0.2) is 42.1 Å². The Hall–Kier alpha value is -3.11. The normalized spacial score (nSPS) is 12.7. The number of para-hydroxylation sites is 1. The molecule has 33 heavy (non-hydrogen) atoms. The second-order valence-electron chi connectivity index (χ2n) is 8.11. The molecule has 0 amide bonds. The highest BCUT2D eigenvalue weighted by Crippen LogP contribution is 2.27. The summed E-state index contributed by atoms with van der Waals surface area (Å²) in [6, 6.07) is 11.3. The Bertz CT molecular complexity index is 938. The van der Waals surface area contributed by atoms with E-state index in [-0.39, 0.29) is 24.4 Å². The van der Waals surface area contributed by atoms with E-state index < -0.39 is 42.2 Å². The van der Waals surface area contributed by atoms with E-state index in [1.165, 1.54) is 42.5 Å². The fourth-order valence-corrected chi connectivity index (χ4v) is 2.76. The molecule has 0 saturated heterocycles. The number of aliphatic hydroxyl groups excluding tert-OH is 1. The third-order valence-corrected chi connectivity index (χ3v) is 4.06. The lowest BCUT2D eigenvalue weighted by atomic mass is 10.1. The first-order valence-corrected chi connectivity index (χ1v) is 10.1. The molecule has 0 aliphatic carbocycles. The van der Waals surface area contributed by atoms with Crippen molar-refractivity contribution in [3.63, 3.8) is 0 Å². The minimum absolute atomic E-state index is 0.0305. The van der Waals surface area contributed by atoms with Crippen LogP contribution in [0.3, 0.4) is 0 Å². The van der Waals surface area contributed by atoms with E-state index in [1.807, 2.05) is 0 Å². The van der Waals surface area contributed by atoms with Crippen LogP contribution >= 0.6 is 0 Å². The maximum Gasteiger partial charge on any atom is 0.573 e. The van der Waals surface area contributed by atoms with Crippen LogP contribution in [-0.2, 0) is 20.7 Å². The van der Waals surface area contributed by atoms with Gasteiger partial charge < -0.3 is 24.6 Å². The van der Waals surface area contributed by atoms with Gasteiger partial charge in [-0.25, -0.2) is 0 Å². The number of hydrogen-bond donors (Lipinski definition) is 2. The first kappa shape index (κ1) is 26.1. The van der Waals surface area contributed by atoms with Gasteiger partial charge in [-0.1, -0.05) is 30.3 Å². The summed E-state index contributed by atoms with van der Waals surface area (Å²) >= 11 is 0. The van der Waals surface area contributed by atoms with E-state index in [2.05, 4.69) is 10.1 Å². The zero-order chi connectivity index (χ0) is 24.6. The minimum atomic E-state index is -4.88. The maximum atomic E-state index is 12.5. The number of rotatable bonds is 9. The van der Waals surface area contributed by atoms with Crippen molar-refractivity contribution in [2.75, 3.05) is 13.1 Å². The summed E-state index contributed by atoms with van der Waals surface area (Å²) in [5.74, 6) is -1.54. The summed E-state index contributed by atoms with van der Waals surface area (Å²) in [6.45, 7) is 5.29. The standard InChI is InChI=1S/C23H26F3NO6/c1-22(2,3)33-21(30)14-27-13-18(28)15-8-10-17(11-9-15)31-20(29)12-16-6-4-5-7-19(16)32-23(24,25)26/h4-11,18,27-28H,12-14H2,1-3H3. The van der Waals surface area contributed by atoms with Crippen molar-refractivity contribution in [2.45, 2.75) is 45.3 Å². The molecule has 2 rings (SSSR count). The van der Waals surface area contributed by atoms with Crippen molar-refractivity contribution in [1.82, 2.24) is 5.32 Å². The minimum Gasteiger partial charge on any atom is -0.459 e. The summed E-state index contributed by atoms with van der Waals surface area (Å²) in [4.78, 5) is 23.8. The Kier molecular flexibility index (Phi) is 8.84. The third-order valence-electron chi connectivity index (χ3n) is 4.06. The van der Waals surface area contributed by atoms with Gasteiger partial charge in [0.2, 0.25) is 0 Å². The Labute approximate surface area is 189 Å². The van der Waals surface area contributed by atoms with Crippen LogP contribution in [0.5, 0.6) is 11.5 Å². The highest BCUT2D eigenvalue weighted by molar-refractivity contribution is 5.76. The number of ether oxygens (including phenoxy) is 3.